The topological polar surface area (TPSA) is 130 Å². The zero-order chi connectivity index (χ0) is 26.9. The van der Waals surface area contributed by atoms with Gasteiger partial charge in [0.1, 0.15) is 5.75 Å². The highest BCUT2D eigenvalue weighted by atomic mass is 79.9. The number of nitro groups is 1. The van der Waals surface area contributed by atoms with Crippen molar-refractivity contribution in [1.82, 2.24) is 4.57 Å². The fourth-order valence-corrected chi connectivity index (χ4v) is 5.35. The molecule has 4 rings (SSSR count). The number of ether oxygens (including phenoxy) is 2. The molecule has 37 heavy (non-hydrogen) atoms. The van der Waals surface area contributed by atoms with Gasteiger partial charge < -0.3 is 9.47 Å². The molecule has 0 saturated heterocycles. The molecule has 12 heteroatoms. The molecule has 1 aliphatic rings. The van der Waals surface area contributed by atoms with E-state index in [9.17, 15) is 24.5 Å². The molecule has 1 aromatic heterocycles. The van der Waals surface area contributed by atoms with Gasteiger partial charge in [0.2, 0.25) is 0 Å². The van der Waals surface area contributed by atoms with E-state index in [-0.39, 0.29) is 28.1 Å². The van der Waals surface area contributed by atoms with Gasteiger partial charge in [-0.15, -0.1) is 0 Å². The van der Waals surface area contributed by atoms with Gasteiger partial charge in [-0.25, -0.2) is 9.79 Å². The molecular weight excluding hydrogens is 566 g/mol. The van der Waals surface area contributed by atoms with Crippen LogP contribution < -0.4 is 19.6 Å². The Labute approximate surface area is 222 Å². The van der Waals surface area contributed by atoms with Gasteiger partial charge in [0.05, 0.1) is 33.4 Å². The standard InChI is InChI=1S/C25H20BrN3O7S/c1-4-35-24(32)21-13(2)27-25-28(22(21)15-6-5-7-18(11-15)29(33)34)23(31)20(37-25)12-16-10-17(26)8-9-19(16)36-14(3)30/h5-12,22H,4H2,1-3H3/b20-12-. The number of nitrogens with zero attached hydrogens (tertiary/aromatic N) is 3. The van der Waals surface area contributed by atoms with E-state index in [0.717, 1.165) is 11.3 Å². The molecule has 0 N–H and O–H groups in total. The van der Waals surface area contributed by atoms with Crippen molar-refractivity contribution in [2.75, 3.05) is 6.61 Å². The summed E-state index contributed by atoms with van der Waals surface area (Å²) in [4.78, 5) is 54.0. The largest absolute Gasteiger partial charge is 0.463 e. The van der Waals surface area contributed by atoms with Gasteiger partial charge in [-0.2, -0.15) is 0 Å². The van der Waals surface area contributed by atoms with Crippen LogP contribution in [0.4, 0.5) is 5.69 Å². The third-order valence-electron chi connectivity index (χ3n) is 5.43. The molecule has 0 fully saturated rings. The molecule has 2 heterocycles. The van der Waals surface area contributed by atoms with E-state index in [4.69, 9.17) is 9.47 Å². The van der Waals surface area contributed by atoms with Gasteiger partial charge in [-0.3, -0.25) is 24.3 Å². The molecule has 0 radical (unpaired) electrons. The smallest absolute Gasteiger partial charge is 0.338 e. The van der Waals surface area contributed by atoms with Crippen molar-refractivity contribution in [1.29, 1.82) is 0 Å². The molecule has 1 atom stereocenters. The molecule has 0 bridgehead atoms. The second-order valence-corrected chi connectivity index (χ2v) is 9.85. The number of carbonyl (C=O) groups excluding carboxylic acids is 2. The molecule has 0 spiro atoms. The molecule has 3 aromatic rings. The van der Waals surface area contributed by atoms with Crippen molar-refractivity contribution in [3.63, 3.8) is 0 Å². The second kappa shape index (κ2) is 10.6. The lowest BCUT2D eigenvalue weighted by atomic mass is 9.95. The summed E-state index contributed by atoms with van der Waals surface area (Å²) in [5.41, 5.74) is 0.640. The average Bonchev–Trinajstić information content (AvgIpc) is 3.14. The third kappa shape index (κ3) is 5.30. The Hall–Kier alpha value is -3.90. The lowest BCUT2D eigenvalue weighted by Gasteiger charge is -2.24. The summed E-state index contributed by atoms with van der Waals surface area (Å²) in [7, 11) is 0. The molecule has 0 amide bonds. The number of thiazole rings is 1. The number of hydrogen-bond donors (Lipinski definition) is 0. The number of esters is 2. The number of benzene rings is 2. The maximum atomic E-state index is 13.7. The van der Waals surface area contributed by atoms with Crippen LogP contribution in [0.25, 0.3) is 6.08 Å². The first-order chi connectivity index (χ1) is 17.6. The SMILES string of the molecule is CCOC(=O)C1=C(C)N=c2s/c(=C\c3cc(Br)ccc3OC(C)=O)c(=O)n2C1c1cccc([N+](=O)[O-])c1. The Balaban J connectivity index is 1.98. The van der Waals surface area contributed by atoms with Crippen LogP contribution in [0.5, 0.6) is 5.75 Å². The predicted octanol–water partition coefficient (Wildman–Crippen LogP) is 3.39. The van der Waals surface area contributed by atoms with Crippen molar-refractivity contribution in [3.8, 4) is 5.75 Å². The summed E-state index contributed by atoms with van der Waals surface area (Å²) in [5.74, 6) is -0.919. The molecule has 0 saturated carbocycles. The van der Waals surface area contributed by atoms with Crippen LogP contribution in [0.3, 0.4) is 0 Å². The van der Waals surface area contributed by atoms with Crippen molar-refractivity contribution >= 4 is 51.0 Å². The second-order valence-electron chi connectivity index (χ2n) is 7.93. The Morgan fingerprint density at radius 3 is 2.70 bits per heavy atom. The summed E-state index contributed by atoms with van der Waals surface area (Å²) in [5, 5.41) is 11.4. The zero-order valence-corrected chi connectivity index (χ0v) is 22.3. The van der Waals surface area contributed by atoms with Gasteiger partial charge >= 0.3 is 11.9 Å². The van der Waals surface area contributed by atoms with Gasteiger partial charge in [-0.05, 0) is 43.7 Å². The van der Waals surface area contributed by atoms with E-state index in [1.165, 1.54) is 29.7 Å². The van der Waals surface area contributed by atoms with E-state index in [1.54, 1.807) is 44.2 Å². The lowest BCUT2D eigenvalue weighted by molar-refractivity contribution is -0.384. The van der Waals surface area contributed by atoms with Crippen molar-refractivity contribution in [2.24, 2.45) is 4.99 Å². The number of nitro benzene ring substituents is 1. The Morgan fingerprint density at radius 2 is 2.03 bits per heavy atom. The minimum atomic E-state index is -0.993. The fourth-order valence-electron chi connectivity index (χ4n) is 3.94. The van der Waals surface area contributed by atoms with Crippen LogP contribution in [-0.2, 0) is 14.3 Å². The summed E-state index contributed by atoms with van der Waals surface area (Å²) in [6.07, 6.45) is 1.57. The third-order valence-corrected chi connectivity index (χ3v) is 6.90. The molecule has 2 aromatic carbocycles. The van der Waals surface area contributed by atoms with Gasteiger partial charge in [0.25, 0.3) is 11.2 Å². The number of hydrogen-bond acceptors (Lipinski definition) is 9. The summed E-state index contributed by atoms with van der Waals surface area (Å²) in [6, 6.07) is 9.77. The highest BCUT2D eigenvalue weighted by molar-refractivity contribution is 9.10. The van der Waals surface area contributed by atoms with Crippen LogP contribution in [-0.4, -0.2) is 28.0 Å². The number of halogens is 1. The molecular formula is C25H20BrN3O7S. The normalized spacial score (nSPS) is 15.1. The maximum absolute atomic E-state index is 13.7. The van der Waals surface area contributed by atoms with Crippen molar-refractivity contribution in [2.45, 2.75) is 26.8 Å². The van der Waals surface area contributed by atoms with Crippen LogP contribution in [0, 0.1) is 10.1 Å². The molecule has 0 aliphatic carbocycles. The number of allylic oxidation sites excluding steroid dienone is 1. The molecule has 10 nitrogen and oxygen atoms in total. The summed E-state index contributed by atoms with van der Waals surface area (Å²) < 4.78 is 12.8. The van der Waals surface area contributed by atoms with Crippen LogP contribution >= 0.6 is 27.3 Å². The summed E-state index contributed by atoms with van der Waals surface area (Å²) in [6.45, 7) is 4.66. The Bertz CT molecular complexity index is 1660. The number of carbonyl (C=O) groups is 2. The zero-order valence-electron chi connectivity index (χ0n) is 19.9. The number of rotatable bonds is 6. The summed E-state index contributed by atoms with van der Waals surface area (Å²) >= 11 is 4.47. The fraction of sp³-hybridized carbons (Fsp3) is 0.200. The van der Waals surface area contributed by atoms with E-state index in [2.05, 4.69) is 20.9 Å². The van der Waals surface area contributed by atoms with Crippen LogP contribution in [0.2, 0.25) is 0 Å². The first kappa shape index (κ1) is 26.2. The van der Waals surface area contributed by atoms with Crippen LogP contribution in [0.1, 0.15) is 37.9 Å². The minimum absolute atomic E-state index is 0.101. The highest BCUT2D eigenvalue weighted by Gasteiger charge is 2.34. The van der Waals surface area contributed by atoms with Gasteiger partial charge in [0, 0.05) is 29.1 Å². The quantitative estimate of drug-likeness (QED) is 0.187. The van der Waals surface area contributed by atoms with E-state index in [0.29, 0.717) is 26.1 Å². The molecule has 190 valence electrons. The lowest BCUT2D eigenvalue weighted by Crippen LogP contribution is -2.40. The molecule has 1 unspecified atom stereocenters. The van der Waals surface area contributed by atoms with Crippen molar-refractivity contribution < 1.29 is 24.0 Å². The Kier molecular flexibility index (Phi) is 7.50. The van der Waals surface area contributed by atoms with E-state index >= 15 is 0 Å². The van der Waals surface area contributed by atoms with Crippen molar-refractivity contribution in [3.05, 3.63) is 99.1 Å². The maximum Gasteiger partial charge on any atom is 0.338 e. The average molecular weight is 586 g/mol. The Morgan fingerprint density at radius 1 is 1.27 bits per heavy atom. The number of fused-ring (bicyclic) bond motifs is 1. The van der Waals surface area contributed by atoms with E-state index < -0.39 is 28.5 Å². The first-order valence-corrected chi connectivity index (χ1v) is 12.6. The molecule has 1 aliphatic heterocycles. The van der Waals surface area contributed by atoms with Crippen LogP contribution in [0.15, 0.2) is 68.0 Å². The predicted molar refractivity (Wildman–Crippen MR) is 139 cm³/mol. The first-order valence-electron chi connectivity index (χ1n) is 11.0. The minimum Gasteiger partial charge on any atom is -0.463 e. The van der Waals surface area contributed by atoms with Gasteiger partial charge in [0.15, 0.2) is 4.80 Å². The van der Waals surface area contributed by atoms with Gasteiger partial charge in [-0.1, -0.05) is 39.4 Å². The van der Waals surface area contributed by atoms with E-state index in [1.807, 2.05) is 0 Å². The number of non-ortho nitro benzene ring substituents is 1. The monoisotopic (exact) mass is 585 g/mol. The highest BCUT2D eigenvalue weighted by Crippen LogP contribution is 2.32. The number of aromatic nitrogens is 1.